The van der Waals surface area contributed by atoms with Crippen LogP contribution in [0.4, 0.5) is 16.2 Å². The molecular formula is C27H33N7O4S. The number of anilines is 2. The SMILES string of the molecule is Cn1c2c(n(-c3nc(C(=O)Nc4cnccc4N4CCCN(C(=O)OC(C)(C)C)CC4)cs3)c1=O)CCC=C2. The van der Waals surface area contributed by atoms with Gasteiger partial charge in [0.25, 0.3) is 5.91 Å². The summed E-state index contributed by atoms with van der Waals surface area (Å²) in [6.45, 7) is 7.97. The smallest absolute Gasteiger partial charge is 0.410 e. The number of allylic oxidation sites excluding steroid dienone is 1. The molecule has 12 heteroatoms. The zero-order valence-corrected chi connectivity index (χ0v) is 23.5. The number of imidazole rings is 1. The van der Waals surface area contributed by atoms with E-state index < -0.39 is 5.60 Å². The van der Waals surface area contributed by atoms with Crippen molar-refractivity contribution < 1.29 is 14.3 Å². The summed E-state index contributed by atoms with van der Waals surface area (Å²) in [4.78, 5) is 51.3. The maximum absolute atomic E-state index is 13.2. The number of hydrogen-bond donors (Lipinski definition) is 1. The van der Waals surface area contributed by atoms with Crippen molar-refractivity contribution in [3.05, 3.63) is 57.5 Å². The fourth-order valence-electron chi connectivity index (χ4n) is 4.82. The number of nitrogens with zero attached hydrogens (tertiary/aromatic N) is 6. The van der Waals surface area contributed by atoms with Crippen LogP contribution in [0.25, 0.3) is 11.2 Å². The van der Waals surface area contributed by atoms with Gasteiger partial charge in [-0.25, -0.2) is 19.1 Å². The summed E-state index contributed by atoms with van der Waals surface area (Å²) in [5, 5.41) is 5.08. The Bertz CT molecular complexity index is 1480. The monoisotopic (exact) mass is 551 g/mol. The van der Waals surface area contributed by atoms with E-state index in [1.54, 1.807) is 38.9 Å². The zero-order valence-electron chi connectivity index (χ0n) is 22.6. The second kappa shape index (κ2) is 10.7. The Hall–Kier alpha value is -3.93. The summed E-state index contributed by atoms with van der Waals surface area (Å²) in [5.41, 5.74) is 2.66. The number of carbonyl (C=O) groups is 2. The molecule has 0 saturated carbocycles. The van der Waals surface area contributed by atoms with Crippen LogP contribution in [-0.2, 0) is 18.2 Å². The first-order valence-corrected chi connectivity index (χ1v) is 13.9. The lowest BCUT2D eigenvalue weighted by Crippen LogP contribution is -2.39. The van der Waals surface area contributed by atoms with E-state index in [-0.39, 0.29) is 23.4 Å². The van der Waals surface area contributed by atoms with Gasteiger partial charge in [0.15, 0.2) is 5.13 Å². The number of aromatic nitrogens is 4. The molecule has 3 aromatic rings. The molecule has 1 N–H and O–H groups in total. The largest absolute Gasteiger partial charge is 0.444 e. The highest BCUT2D eigenvalue weighted by Gasteiger charge is 2.26. The lowest BCUT2D eigenvalue weighted by Gasteiger charge is -2.27. The molecular weight excluding hydrogens is 518 g/mol. The lowest BCUT2D eigenvalue weighted by molar-refractivity contribution is 0.0263. The maximum Gasteiger partial charge on any atom is 0.410 e. The minimum atomic E-state index is -0.550. The van der Waals surface area contributed by atoms with Crippen LogP contribution in [0.1, 0.15) is 55.5 Å². The number of ether oxygens (including phenoxy) is 1. The predicted octanol–water partition coefficient (Wildman–Crippen LogP) is 3.69. The fourth-order valence-corrected chi connectivity index (χ4v) is 5.64. The Morgan fingerprint density at radius 3 is 2.77 bits per heavy atom. The molecule has 1 fully saturated rings. The first-order valence-electron chi connectivity index (χ1n) is 13.0. The van der Waals surface area contributed by atoms with Crippen LogP contribution in [0.2, 0.25) is 0 Å². The van der Waals surface area contributed by atoms with E-state index in [0.717, 1.165) is 36.3 Å². The molecule has 0 aromatic carbocycles. The van der Waals surface area contributed by atoms with Gasteiger partial charge >= 0.3 is 11.8 Å². The summed E-state index contributed by atoms with van der Waals surface area (Å²) in [6, 6.07) is 1.86. The Balaban J connectivity index is 1.31. The average Bonchev–Trinajstić information content (AvgIpc) is 3.37. The summed E-state index contributed by atoms with van der Waals surface area (Å²) in [5.74, 6) is -0.380. The van der Waals surface area contributed by atoms with E-state index >= 15 is 0 Å². The second-order valence-corrected chi connectivity index (χ2v) is 11.5. The number of carbonyl (C=O) groups excluding carboxylic acids is 2. The molecule has 2 aliphatic rings. The van der Waals surface area contributed by atoms with Gasteiger partial charge in [-0.05, 0) is 52.2 Å². The highest BCUT2D eigenvalue weighted by molar-refractivity contribution is 7.12. The van der Waals surface area contributed by atoms with Gasteiger partial charge < -0.3 is 19.9 Å². The minimum Gasteiger partial charge on any atom is -0.444 e. The zero-order chi connectivity index (χ0) is 27.7. The summed E-state index contributed by atoms with van der Waals surface area (Å²) < 4.78 is 8.75. The highest BCUT2D eigenvalue weighted by atomic mass is 32.1. The molecule has 0 spiro atoms. The third kappa shape index (κ3) is 5.60. The molecule has 4 heterocycles. The number of rotatable bonds is 4. The number of nitrogens with one attached hydrogen (secondary N) is 1. The molecule has 11 nitrogen and oxygen atoms in total. The molecule has 39 heavy (non-hydrogen) atoms. The predicted molar refractivity (Wildman–Crippen MR) is 151 cm³/mol. The molecule has 1 aliphatic carbocycles. The van der Waals surface area contributed by atoms with Crippen LogP contribution < -0.4 is 15.9 Å². The van der Waals surface area contributed by atoms with Crippen molar-refractivity contribution in [2.24, 2.45) is 7.05 Å². The molecule has 0 unspecified atom stereocenters. The van der Waals surface area contributed by atoms with Crippen LogP contribution in [0.15, 0.2) is 34.7 Å². The molecule has 3 aromatic heterocycles. The standard InChI is InChI=1S/C27H33N7O4S/c1-27(2,3)38-26(37)33-13-7-12-32(14-15-33)20-10-11-28-16-18(20)29-23(35)19-17-39-24(30-19)34-22-9-6-5-8-21(22)31(4)25(34)36/h5,8,10-11,16-17H,6-7,9,12-15H2,1-4H3,(H,29,35). The molecule has 5 rings (SSSR count). The van der Waals surface area contributed by atoms with Crippen LogP contribution >= 0.6 is 11.3 Å². The third-order valence-corrected chi connectivity index (χ3v) is 7.51. The second-order valence-electron chi connectivity index (χ2n) is 10.6. The van der Waals surface area contributed by atoms with Crippen molar-refractivity contribution in [3.63, 3.8) is 0 Å². The topological polar surface area (TPSA) is 115 Å². The van der Waals surface area contributed by atoms with E-state index in [1.807, 2.05) is 32.9 Å². The van der Waals surface area contributed by atoms with E-state index in [1.165, 1.54) is 11.3 Å². The van der Waals surface area contributed by atoms with Crippen molar-refractivity contribution in [3.8, 4) is 5.13 Å². The number of fused-ring (bicyclic) bond motifs is 1. The van der Waals surface area contributed by atoms with Crippen molar-refractivity contribution in [2.45, 2.75) is 45.6 Å². The molecule has 1 aliphatic heterocycles. The van der Waals surface area contributed by atoms with Crippen LogP contribution in [0.5, 0.6) is 0 Å². The van der Waals surface area contributed by atoms with E-state index in [0.29, 0.717) is 37.0 Å². The number of thiazole rings is 1. The first kappa shape index (κ1) is 26.7. The summed E-state index contributed by atoms with van der Waals surface area (Å²) >= 11 is 1.26. The molecule has 2 amide bonds. The van der Waals surface area contributed by atoms with Crippen LogP contribution in [0, 0.1) is 0 Å². The molecule has 0 atom stereocenters. The van der Waals surface area contributed by atoms with Crippen molar-refractivity contribution in [2.75, 3.05) is 36.4 Å². The Morgan fingerprint density at radius 2 is 1.97 bits per heavy atom. The van der Waals surface area contributed by atoms with Gasteiger partial charge in [0.2, 0.25) is 0 Å². The van der Waals surface area contributed by atoms with E-state index in [2.05, 4.69) is 26.3 Å². The van der Waals surface area contributed by atoms with Gasteiger partial charge in [-0.15, -0.1) is 11.3 Å². The molecule has 1 saturated heterocycles. The van der Waals surface area contributed by atoms with E-state index in [4.69, 9.17) is 4.74 Å². The first-order chi connectivity index (χ1) is 18.6. The van der Waals surface area contributed by atoms with Gasteiger partial charge in [0.1, 0.15) is 11.3 Å². The normalized spacial score (nSPS) is 15.6. The van der Waals surface area contributed by atoms with Crippen molar-refractivity contribution in [1.82, 2.24) is 24.0 Å². The fraction of sp³-hybridized carbons (Fsp3) is 0.444. The Labute approximate surface area is 230 Å². The van der Waals surface area contributed by atoms with Crippen molar-refractivity contribution >= 4 is 40.8 Å². The van der Waals surface area contributed by atoms with E-state index in [9.17, 15) is 14.4 Å². The minimum absolute atomic E-state index is 0.177. The Morgan fingerprint density at radius 1 is 1.15 bits per heavy atom. The Kier molecular flexibility index (Phi) is 7.30. The highest BCUT2D eigenvalue weighted by Crippen LogP contribution is 2.28. The van der Waals surface area contributed by atoms with Crippen LogP contribution in [0.3, 0.4) is 0 Å². The number of hydrogen-bond acceptors (Lipinski definition) is 8. The summed E-state index contributed by atoms with van der Waals surface area (Å²) in [7, 11) is 1.74. The number of pyridine rings is 1. The average molecular weight is 552 g/mol. The van der Waals surface area contributed by atoms with Gasteiger partial charge in [-0.1, -0.05) is 6.08 Å². The van der Waals surface area contributed by atoms with Gasteiger partial charge in [-0.3, -0.25) is 14.3 Å². The van der Waals surface area contributed by atoms with Gasteiger partial charge in [0, 0.05) is 44.8 Å². The molecule has 0 radical (unpaired) electrons. The summed E-state index contributed by atoms with van der Waals surface area (Å²) in [6.07, 6.45) is 9.34. The van der Waals surface area contributed by atoms with Crippen LogP contribution in [-0.4, -0.2) is 67.8 Å². The molecule has 0 bridgehead atoms. The third-order valence-electron chi connectivity index (χ3n) is 6.68. The maximum atomic E-state index is 13.2. The quantitative estimate of drug-likeness (QED) is 0.526. The van der Waals surface area contributed by atoms with Gasteiger partial charge in [0.05, 0.1) is 29.0 Å². The lowest BCUT2D eigenvalue weighted by atomic mass is 10.1. The number of amides is 2. The van der Waals surface area contributed by atoms with Crippen molar-refractivity contribution in [1.29, 1.82) is 0 Å². The van der Waals surface area contributed by atoms with Gasteiger partial charge in [-0.2, -0.15) is 0 Å². The molecule has 206 valence electrons.